The number of nitrogens with zero attached hydrogens (tertiary/aromatic N) is 3. The van der Waals surface area contributed by atoms with E-state index in [2.05, 4.69) is 15.2 Å². The first-order chi connectivity index (χ1) is 13.1. The van der Waals surface area contributed by atoms with Gasteiger partial charge in [0.15, 0.2) is 0 Å². The lowest BCUT2D eigenvalue weighted by molar-refractivity contribution is -0.116. The second-order valence-corrected chi connectivity index (χ2v) is 6.69. The van der Waals surface area contributed by atoms with Crippen molar-refractivity contribution in [3.05, 3.63) is 47.7 Å². The second-order valence-electron chi connectivity index (χ2n) is 6.69. The lowest BCUT2D eigenvalue weighted by atomic mass is 10.1. The third kappa shape index (κ3) is 3.50. The van der Waals surface area contributed by atoms with Gasteiger partial charge in [0.1, 0.15) is 5.82 Å². The molecule has 2 aromatic rings. The molecule has 0 radical (unpaired) electrons. The van der Waals surface area contributed by atoms with Crippen LogP contribution in [0.15, 0.2) is 36.5 Å². The van der Waals surface area contributed by atoms with Crippen molar-refractivity contribution in [2.24, 2.45) is 0 Å². The standard InChI is InChI=1S/C20H22N4O3/c1-14(25)24-8-6-15-13-16(4-5-18(15)24)22-20(26)17-3-2-7-21-19(17)23-9-11-27-12-10-23/h2-5,7,13H,6,8-12H2,1H3,(H,22,26). The first-order valence-corrected chi connectivity index (χ1v) is 9.13. The minimum atomic E-state index is -0.189. The van der Waals surface area contributed by atoms with Gasteiger partial charge in [0.05, 0.1) is 18.8 Å². The molecule has 3 heterocycles. The van der Waals surface area contributed by atoms with E-state index < -0.39 is 0 Å². The van der Waals surface area contributed by atoms with Crippen molar-refractivity contribution in [3.63, 3.8) is 0 Å². The maximum atomic E-state index is 12.9. The number of hydrogen-bond donors (Lipinski definition) is 1. The van der Waals surface area contributed by atoms with Crippen molar-refractivity contribution in [2.45, 2.75) is 13.3 Å². The second kappa shape index (κ2) is 7.36. The summed E-state index contributed by atoms with van der Waals surface area (Å²) in [5.74, 6) is 0.532. The number of carbonyl (C=O) groups is 2. The quantitative estimate of drug-likeness (QED) is 0.900. The van der Waals surface area contributed by atoms with Gasteiger partial charge >= 0.3 is 0 Å². The van der Waals surface area contributed by atoms with Crippen molar-refractivity contribution < 1.29 is 14.3 Å². The summed E-state index contributed by atoms with van der Waals surface area (Å²) in [7, 11) is 0. The van der Waals surface area contributed by atoms with Gasteiger partial charge in [-0.05, 0) is 42.3 Å². The molecule has 27 heavy (non-hydrogen) atoms. The van der Waals surface area contributed by atoms with Gasteiger partial charge in [-0.1, -0.05) is 0 Å². The average Bonchev–Trinajstić information content (AvgIpc) is 3.12. The van der Waals surface area contributed by atoms with Gasteiger partial charge in [-0.15, -0.1) is 0 Å². The molecule has 1 fully saturated rings. The summed E-state index contributed by atoms with van der Waals surface area (Å²) in [5.41, 5.74) is 3.27. The van der Waals surface area contributed by atoms with Gasteiger partial charge in [-0.3, -0.25) is 9.59 Å². The average molecular weight is 366 g/mol. The molecule has 2 amide bonds. The minimum Gasteiger partial charge on any atom is -0.378 e. The Bertz CT molecular complexity index is 877. The summed E-state index contributed by atoms with van der Waals surface area (Å²) in [4.78, 5) is 32.8. The molecule has 0 spiro atoms. The Kier molecular flexibility index (Phi) is 4.77. The summed E-state index contributed by atoms with van der Waals surface area (Å²) >= 11 is 0. The van der Waals surface area contributed by atoms with Crippen LogP contribution < -0.4 is 15.1 Å². The molecule has 4 rings (SSSR count). The molecule has 1 aromatic heterocycles. The molecule has 2 aliphatic rings. The van der Waals surface area contributed by atoms with Crippen LogP contribution in [-0.2, 0) is 16.0 Å². The zero-order valence-corrected chi connectivity index (χ0v) is 15.3. The van der Waals surface area contributed by atoms with Crippen molar-refractivity contribution >= 4 is 29.0 Å². The Morgan fingerprint density at radius 1 is 1.15 bits per heavy atom. The van der Waals surface area contributed by atoms with Crippen molar-refractivity contribution in [1.29, 1.82) is 0 Å². The van der Waals surface area contributed by atoms with E-state index >= 15 is 0 Å². The number of pyridine rings is 1. The number of hydrogen-bond acceptors (Lipinski definition) is 5. The number of rotatable bonds is 3. The molecule has 0 bridgehead atoms. The molecule has 0 saturated carbocycles. The molecule has 0 unspecified atom stereocenters. The Morgan fingerprint density at radius 2 is 1.96 bits per heavy atom. The van der Waals surface area contributed by atoms with Crippen molar-refractivity contribution in [3.8, 4) is 0 Å². The SMILES string of the molecule is CC(=O)N1CCc2cc(NC(=O)c3cccnc3N3CCOCC3)ccc21. The van der Waals surface area contributed by atoms with Crippen LogP contribution >= 0.6 is 0 Å². The Morgan fingerprint density at radius 3 is 2.74 bits per heavy atom. The van der Waals surface area contributed by atoms with Crippen molar-refractivity contribution in [2.75, 3.05) is 48.0 Å². The maximum absolute atomic E-state index is 12.9. The number of ether oxygens (including phenoxy) is 1. The summed E-state index contributed by atoms with van der Waals surface area (Å²) < 4.78 is 5.39. The summed E-state index contributed by atoms with van der Waals surface area (Å²) in [6.45, 7) is 4.96. The number of morpholine rings is 1. The molecule has 140 valence electrons. The molecule has 7 heteroatoms. The molecule has 0 atom stereocenters. The summed E-state index contributed by atoms with van der Waals surface area (Å²) in [5, 5.41) is 2.97. The number of amides is 2. The van der Waals surface area contributed by atoms with E-state index in [4.69, 9.17) is 4.74 Å². The number of nitrogens with one attached hydrogen (secondary N) is 1. The van der Waals surface area contributed by atoms with Crippen LogP contribution in [0.5, 0.6) is 0 Å². The smallest absolute Gasteiger partial charge is 0.259 e. The highest BCUT2D eigenvalue weighted by molar-refractivity contribution is 6.07. The van der Waals surface area contributed by atoms with E-state index in [1.807, 2.05) is 18.2 Å². The molecule has 0 aliphatic carbocycles. The lowest BCUT2D eigenvalue weighted by Crippen LogP contribution is -2.38. The highest BCUT2D eigenvalue weighted by Crippen LogP contribution is 2.31. The van der Waals surface area contributed by atoms with Crippen LogP contribution in [0.25, 0.3) is 0 Å². The number of benzene rings is 1. The predicted octanol–water partition coefficient (Wildman–Crippen LogP) is 2.08. The van der Waals surface area contributed by atoms with E-state index in [0.29, 0.717) is 31.1 Å². The van der Waals surface area contributed by atoms with Crippen LogP contribution in [0.2, 0.25) is 0 Å². The predicted molar refractivity (Wildman–Crippen MR) is 103 cm³/mol. The van der Waals surface area contributed by atoms with E-state index in [0.717, 1.165) is 36.4 Å². The van der Waals surface area contributed by atoms with Crippen LogP contribution in [0, 0.1) is 0 Å². The molecule has 1 aromatic carbocycles. The third-order valence-electron chi connectivity index (χ3n) is 4.95. The van der Waals surface area contributed by atoms with Crippen LogP contribution in [0.4, 0.5) is 17.2 Å². The number of carbonyl (C=O) groups excluding carboxylic acids is 2. The Hall–Kier alpha value is -2.93. The van der Waals surface area contributed by atoms with Gasteiger partial charge in [0.2, 0.25) is 5.91 Å². The number of anilines is 3. The zero-order chi connectivity index (χ0) is 18.8. The molecular weight excluding hydrogens is 344 g/mol. The van der Waals surface area contributed by atoms with Crippen LogP contribution in [0.1, 0.15) is 22.8 Å². The van der Waals surface area contributed by atoms with Crippen molar-refractivity contribution in [1.82, 2.24) is 4.98 Å². The topological polar surface area (TPSA) is 74.8 Å². The van der Waals surface area contributed by atoms with Crippen LogP contribution in [0.3, 0.4) is 0 Å². The van der Waals surface area contributed by atoms with E-state index in [1.54, 1.807) is 30.2 Å². The van der Waals surface area contributed by atoms with Gasteiger partial charge in [0.25, 0.3) is 5.91 Å². The fraction of sp³-hybridized carbons (Fsp3) is 0.350. The Balaban J connectivity index is 1.54. The number of aromatic nitrogens is 1. The third-order valence-corrected chi connectivity index (χ3v) is 4.95. The lowest BCUT2D eigenvalue weighted by Gasteiger charge is -2.29. The molecule has 7 nitrogen and oxygen atoms in total. The Labute approximate surface area is 157 Å². The number of fused-ring (bicyclic) bond motifs is 1. The normalized spacial score (nSPS) is 16.2. The van der Waals surface area contributed by atoms with Gasteiger partial charge in [-0.2, -0.15) is 0 Å². The van der Waals surface area contributed by atoms with E-state index in [-0.39, 0.29) is 11.8 Å². The highest BCUT2D eigenvalue weighted by Gasteiger charge is 2.23. The molecule has 1 N–H and O–H groups in total. The summed E-state index contributed by atoms with van der Waals surface area (Å²) in [6, 6.07) is 9.24. The molecule has 2 aliphatic heterocycles. The monoisotopic (exact) mass is 366 g/mol. The largest absolute Gasteiger partial charge is 0.378 e. The highest BCUT2D eigenvalue weighted by atomic mass is 16.5. The first kappa shape index (κ1) is 17.5. The first-order valence-electron chi connectivity index (χ1n) is 9.13. The zero-order valence-electron chi connectivity index (χ0n) is 15.3. The van der Waals surface area contributed by atoms with Gasteiger partial charge in [-0.25, -0.2) is 4.98 Å². The van der Waals surface area contributed by atoms with E-state index in [1.165, 1.54) is 0 Å². The van der Waals surface area contributed by atoms with Gasteiger partial charge < -0.3 is 19.9 Å². The van der Waals surface area contributed by atoms with Crippen LogP contribution in [-0.4, -0.2) is 49.6 Å². The minimum absolute atomic E-state index is 0.0380. The molecule has 1 saturated heterocycles. The van der Waals surface area contributed by atoms with E-state index in [9.17, 15) is 9.59 Å². The van der Waals surface area contributed by atoms with Gasteiger partial charge in [0, 0.05) is 44.1 Å². The fourth-order valence-corrected chi connectivity index (χ4v) is 3.61. The summed E-state index contributed by atoms with van der Waals surface area (Å²) in [6.07, 6.45) is 2.50. The maximum Gasteiger partial charge on any atom is 0.259 e. The fourth-order valence-electron chi connectivity index (χ4n) is 3.61. The molecular formula is C20H22N4O3.